The predicted octanol–water partition coefficient (Wildman–Crippen LogP) is 2.16. The van der Waals surface area contributed by atoms with Crippen molar-refractivity contribution in [2.45, 2.75) is 52.2 Å². The van der Waals surface area contributed by atoms with Crippen LogP contribution in [0.1, 0.15) is 40.0 Å². The van der Waals surface area contributed by atoms with Crippen molar-refractivity contribution in [1.82, 2.24) is 5.32 Å². The quantitative estimate of drug-likeness (QED) is 0.736. The fourth-order valence-corrected chi connectivity index (χ4v) is 1.68. The van der Waals surface area contributed by atoms with E-state index < -0.39 is 0 Å². The largest absolute Gasteiger partial charge is 0.355 e. The fourth-order valence-electron chi connectivity index (χ4n) is 1.68. The first kappa shape index (κ1) is 12.9. The van der Waals surface area contributed by atoms with E-state index in [0.717, 1.165) is 25.5 Å². The first-order chi connectivity index (χ1) is 7.18. The second-order valence-electron chi connectivity index (χ2n) is 4.88. The molecule has 1 aliphatic rings. The highest BCUT2D eigenvalue weighted by atomic mass is 16.7. The topological polar surface area (TPSA) is 30.5 Å². The van der Waals surface area contributed by atoms with Gasteiger partial charge in [-0.2, -0.15) is 0 Å². The molecule has 1 heterocycles. The molecule has 1 fully saturated rings. The average molecular weight is 215 g/mol. The van der Waals surface area contributed by atoms with Crippen LogP contribution >= 0.6 is 0 Å². The fraction of sp³-hybridized carbons (Fsp3) is 1.00. The molecule has 0 amide bonds. The van der Waals surface area contributed by atoms with Crippen LogP contribution in [0.5, 0.6) is 0 Å². The highest BCUT2D eigenvalue weighted by Crippen LogP contribution is 2.08. The number of hydrogen-bond donors (Lipinski definition) is 1. The Morgan fingerprint density at radius 1 is 1.27 bits per heavy atom. The Balaban J connectivity index is 2.02. The highest BCUT2D eigenvalue weighted by molar-refractivity contribution is 4.68. The van der Waals surface area contributed by atoms with Crippen molar-refractivity contribution in [3.05, 3.63) is 0 Å². The minimum absolute atomic E-state index is 0.347. The van der Waals surface area contributed by atoms with E-state index in [1.54, 1.807) is 0 Å². The molecule has 3 nitrogen and oxygen atoms in total. The summed E-state index contributed by atoms with van der Waals surface area (Å²) in [6.07, 6.45) is 3.91. The van der Waals surface area contributed by atoms with Gasteiger partial charge in [-0.15, -0.1) is 0 Å². The summed E-state index contributed by atoms with van der Waals surface area (Å²) in [5.41, 5.74) is 0. The highest BCUT2D eigenvalue weighted by Gasteiger charge is 2.14. The van der Waals surface area contributed by atoms with E-state index in [9.17, 15) is 0 Å². The minimum atomic E-state index is 0.347. The summed E-state index contributed by atoms with van der Waals surface area (Å²) in [5, 5.41) is 3.53. The maximum Gasteiger partial charge on any atom is 0.147 e. The molecule has 0 bridgehead atoms. The molecule has 90 valence electrons. The van der Waals surface area contributed by atoms with Crippen molar-refractivity contribution in [3.63, 3.8) is 0 Å². The summed E-state index contributed by atoms with van der Waals surface area (Å²) in [6.45, 7) is 9.06. The first-order valence-electron chi connectivity index (χ1n) is 6.11. The monoisotopic (exact) mass is 215 g/mol. The zero-order valence-electron chi connectivity index (χ0n) is 10.3. The van der Waals surface area contributed by atoms with Crippen molar-refractivity contribution >= 4 is 0 Å². The number of nitrogens with one attached hydrogen (secondary N) is 1. The van der Waals surface area contributed by atoms with Gasteiger partial charge in [0, 0.05) is 12.6 Å². The van der Waals surface area contributed by atoms with Crippen LogP contribution in [0.25, 0.3) is 0 Å². The van der Waals surface area contributed by atoms with E-state index in [0.29, 0.717) is 18.9 Å². The molecule has 0 radical (unpaired) electrons. The summed E-state index contributed by atoms with van der Waals surface area (Å²) in [4.78, 5) is 0. The molecule has 1 N–H and O–H groups in total. The van der Waals surface area contributed by atoms with Gasteiger partial charge in [0.25, 0.3) is 0 Å². The summed E-state index contributed by atoms with van der Waals surface area (Å²) < 4.78 is 10.6. The maximum atomic E-state index is 5.47. The molecule has 1 rings (SSSR count). The van der Waals surface area contributed by atoms with Crippen molar-refractivity contribution < 1.29 is 9.47 Å². The molecule has 3 heteroatoms. The van der Waals surface area contributed by atoms with E-state index in [2.05, 4.69) is 26.1 Å². The van der Waals surface area contributed by atoms with E-state index in [1.807, 2.05) is 0 Å². The third-order valence-electron chi connectivity index (χ3n) is 2.84. The van der Waals surface area contributed by atoms with Gasteiger partial charge in [0.15, 0.2) is 0 Å². The van der Waals surface area contributed by atoms with Crippen LogP contribution in [0.15, 0.2) is 0 Å². The van der Waals surface area contributed by atoms with Crippen LogP contribution in [0, 0.1) is 5.92 Å². The van der Waals surface area contributed by atoms with Gasteiger partial charge in [-0.3, -0.25) is 0 Å². The number of hydrogen-bond acceptors (Lipinski definition) is 3. The molecule has 2 unspecified atom stereocenters. The smallest absolute Gasteiger partial charge is 0.147 e. The Bertz CT molecular complexity index is 156. The van der Waals surface area contributed by atoms with Gasteiger partial charge in [-0.25, -0.2) is 0 Å². The summed E-state index contributed by atoms with van der Waals surface area (Å²) >= 11 is 0. The summed E-state index contributed by atoms with van der Waals surface area (Å²) in [7, 11) is 0. The van der Waals surface area contributed by atoms with Crippen molar-refractivity contribution in [2.24, 2.45) is 5.92 Å². The lowest BCUT2D eigenvalue weighted by Gasteiger charge is -2.25. The average Bonchev–Trinajstić information content (AvgIpc) is 2.25. The Hall–Kier alpha value is -0.120. The lowest BCUT2D eigenvalue weighted by Crippen LogP contribution is -2.38. The van der Waals surface area contributed by atoms with Crippen LogP contribution in [0.4, 0.5) is 0 Å². The first-order valence-corrected chi connectivity index (χ1v) is 6.11. The van der Waals surface area contributed by atoms with Crippen LogP contribution in [-0.2, 0) is 9.47 Å². The molecule has 0 saturated carbocycles. The summed E-state index contributed by atoms with van der Waals surface area (Å²) in [6, 6.07) is 0.596. The molecule has 0 spiro atoms. The molecule has 15 heavy (non-hydrogen) atoms. The zero-order chi connectivity index (χ0) is 11.1. The van der Waals surface area contributed by atoms with Gasteiger partial charge in [0.2, 0.25) is 0 Å². The Labute approximate surface area is 93.5 Å². The van der Waals surface area contributed by atoms with Crippen LogP contribution in [0.3, 0.4) is 0 Å². The molecular formula is C12H25NO2. The van der Waals surface area contributed by atoms with Gasteiger partial charge >= 0.3 is 0 Å². The Kier molecular flexibility index (Phi) is 6.22. The van der Waals surface area contributed by atoms with E-state index >= 15 is 0 Å². The van der Waals surface area contributed by atoms with Crippen molar-refractivity contribution in [2.75, 3.05) is 19.9 Å². The predicted molar refractivity (Wildman–Crippen MR) is 61.8 cm³/mol. The van der Waals surface area contributed by atoms with Gasteiger partial charge in [-0.05, 0) is 32.1 Å². The molecule has 1 saturated heterocycles. The van der Waals surface area contributed by atoms with E-state index in [1.165, 1.54) is 12.8 Å². The minimum Gasteiger partial charge on any atom is -0.355 e. The maximum absolute atomic E-state index is 5.47. The lowest BCUT2D eigenvalue weighted by atomic mass is 10.0. The van der Waals surface area contributed by atoms with Crippen LogP contribution in [0.2, 0.25) is 0 Å². The van der Waals surface area contributed by atoms with Crippen molar-refractivity contribution in [1.29, 1.82) is 0 Å². The van der Waals surface area contributed by atoms with Crippen LogP contribution in [-0.4, -0.2) is 32.1 Å². The molecular weight excluding hydrogens is 190 g/mol. The molecule has 1 aliphatic heterocycles. The van der Waals surface area contributed by atoms with Gasteiger partial charge in [0.05, 0.1) is 12.7 Å². The standard InChI is InChI=1S/C12H25NO2/c1-10(2)4-5-11(3)13-8-12-6-7-14-9-15-12/h10-13H,4-9H2,1-3H3. The second-order valence-corrected chi connectivity index (χ2v) is 4.88. The SMILES string of the molecule is CC(C)CCC(C)NCC1CCOCO1. The normalized spacial score (nSPS) is 24.4. The Morgan fingerprint density at radius 3 is 2.67 bits per heavy atom. The molecule has 0 aliphatic carbocycles. The molecule has 0 aromatic carbocycles. The van der Waals surface area contributed by atoms with Gasteiger partial charge in [-0.1, -0.05) is 13.8 Å². The number of ether oxygens (including phenoxy) is 2. The van der Waals surface area contributed by atoms with Gasteiger partial charge < -0.3 is 14.8 Å². The second kappa shape index (κ2) is 7.20. The zero-order valence-corrected chi connectivity index (χ0v) is 10.3. The van der Waals surface area contributed by atoms with Crippen molar-refractivity contribution in [3.8, 4) is 0 Å². The summed E-state index contributed by atoms with van der Waals surface area (Å²) in [5.74, 6) is 0.800. The van der Waals surface area contributed by atoms with Gasteiger partial charge in [0.1, 0.15) is 6.79 Å². The third kappa shape index (κ3) is 6.13. The van der Waals surface area contributed by atoms with E-state index in [-0.39, 0.29) is 0 Å². The van der Waals surface area contributed by atoms with Crippen LogP contribution < -0.4 is 5.32 Å². The molecule has 2 atom stereocenters. The Morgan fingerprint density at radius 2 is 2.07 bits per heavy atom. The number of rotatable bonds is 6. The molecule has 0 aromatic rings. The van der Waals surface area contributed by atoms with E-state index in [4.69, 9.17) is 9.47 Å². The third-order valence-corrected chi connectivity index (χ3v) is 2.84. The molecule has 0 aromatic heterocycles. The lowest BCUT2D eigenvalue weighted by molar-refractivity contribution is -0.137.